The van der Waals surface area contributed by atoms with E-state index in [-0.39, 0.29) is 17.0 Å². The molecule has 1 atom stereocenters. The van der Waals surface area contributed by atoms with Crippen molar-refractivity contribution in [2.24, 2.45) is 5.11 Å². The van der Waals surface area contributed by atoms with Crippen molar-refractivity contribution in [3.8, 4) is 0 Å². The van der Waals surface area contributed by atoms with Crippen LogP contribution in [0.25, 0.3) is 21.4 Å². The van der Waals surface area contributed by atoms with Gasteiger partial charge in [0.2, 0.25) is 0 Å². The Hall–Kier alpha value is -2.15. The Morgan fingerprint density at radius 2 is 2.21 bits per heavy atom. The Kier molecular flexibility index (Phi) is 3.66. The second-order valence-corrected chi connectivity index (χ2v) is 4.74. The molecule has 0 N–H and O–H groups in total. The highest BCUT2D eigenvalue weighted by Crippen LogP contribution is 2.24. The van der Waals surface area contributed by atoms with E-state index in [1.54, 1.807) is 6.92 Å². The van der Waals surface area contributed by atoms with E-state index in [1.807, 2.05) is 0 Å². The van der Waals surface area contributed by atoms with Crippen molar-refractivity contribution in [3.63, 3.8) is 0 Å². The van der Waals surface area contributed by atoms with Crippen molar-refractivity contribution in [2.75, 3.05) is 0 Å². The molecule has 19 heavy (non-hydrogen) atoms. The number of hydrogen-bond donors (Lipinski definition) is 0. The standard InChI is InChI=1S/C11H9N3O4S/c1-6-2-9-8(4-10(6)19(16)17)7(5-13-14-12)3-11(15)18-9/h2-4H,5H2,1H3,(H,16,17)/p-1. The first-order chi connectivity index (χ1) is 9.02. The largest absolute Gasteiger partial charge is 0.768 e. The quantitative estimate of drug-likeness (QED) is 0.281. The van der Waals surface area contributed by atoms with Crippen LogP contribution in [-0.4, -0.2) is 8.76 Å². The molecule has 0 aliphatic heterocycles. The maximum Gasteiger partial charge on any atom is 0.336 e. The van der Waals surface area contributed by atoms with Crippen LogP contribution < -0.4 is 5.63 Å². The lowest BCUT2D eigenvalue weighted by atomic mass is 10.1. The average Bonchev–Trinajstić information content (AvgIpc) is 2.34. The smallest absolute Gasteiger partial charge is 0.336 e. The second kappa shape index (κ2) is 5.23. The topological polar surface area (TPSA) is 119 Å². The van der Waals surface area contributed by atoms with Crippen LogP contribution in [0.4, 0.5) is 0 Å². The minimum atomic E-state index is -2.39. The molecule has 2 rings (SSSR count). The van der Waals surface area contributed by atoms with Crippen LogP contribution in [0.15, 0.2) is 37.4 Å². The fourth-order valence-corrected chi connectivity index (χ4v) is 2.31. The van der Waals surface area contributed by atoms with E-state index in [9.17, 15) is 13.6 Å². The summed E-state index contributed by atoms with van der Waals surface area (Å²) in [4.78, 5) is 14.1. The monoisotopic (exact) mass is 278 g/mol. The molecule has 0 radical (unpaired) electrons. The number of rotatable bonds is 3. The molecule has 0 aliphatic carbocycles. The van der Waals surface area contributed by atoms with Crippen molar-refractivity contribution in [3.05, 3.63) is 50.2 Å². The van der Waals surface area contributed by atoms with Gasteiger partial charge in [0.1, 0.15) is 5.58 Å². The van der Waals surface area contributed by atoms with Gasteiger partial charge in [0.15, 0.2) is 0 Å². The molecule has 8 heteroatoms. The van der Waals surface area contributed by atoms with Gasteiger partial charge >= 0.3 is 5.63 Å². The molecular weight excluding hydrogens is 270 g/mol. The maximum absolute atomic E-state index is 11.4. The molecule has 0 saturated carbocycles. The maximum atomic E-state index is 11.4. The van der Waals surface area contributed by atoms with Crippen LogP contribution in [0.2, 0.25) is 0 Å². The Bertz CT molecular complexity index is 777. The van der Waals surface area contributed by atoms with Crippen LogP contribution in [0.5, 0.6) is 0 Å². The number of azide groups is 1. The van der Waals surface area contributed by atoms with Gasteiger partial charge in [0.25, 0.3) is 0 Å². The van der Waals surface area contributed by atoms with E-state index in [0.717, 1.165) is 0 Å². The van der Waals surface area contributed by atoms with Gasteiger partial charge in [-0.3, -0.25) is 4.21 Å². The fourth-order valence-electron chi connectivity index (χ4n) is 1.77. The first kappa shape index (κ1) is 13.3. The van der Waals surface area contributed by atoms with Gasteiger partial charge in [-0.05, 0) is 46.8 Å². The van der Waals surface area contributed by atoms with Crippen LogP contribution in [0.3, 0.4) is 0 Å². The molecule has 0 aliphatic rings. The van der Waals surface area contributed by atoms with Gasteiger partial charge in [0.05, 0.1) is 6.54 Å². The summed E-state index contributed by atoms with van der Waals surface area (Å²) in [6.45, 7) is 1.55. The molecule has 0 fully saturated rings. The molecule has 1 aromatic heterocycles. The lowest BCUT2D eigenvalue weighted by Crippen LogP contribution is -2.02. The van der Waals surface area contributed by atoms with Crippen molar-refractivity contribution >= 4 is 22.0 Å². The molecule has 2 aromatic rings. The number of nitrogens with zero attached hydrogens (tertiary/aromatic N) is 3. The lowest BCUT2D eigenvalue weighted by Gasteiger charge is -2.11. The van der Waals surface area contributed by atoms with E-state index in [1.165, 1.54) is 18.2 Å². The zero-order valence-corrected chi connectivity index (χ0v) is 10.6. The Balaban J connectivity index is 2.80. The molecule has 98 valence electrons. The summed E-state index contributed by atoms with van der Waals surface area (Å²) in [5.74, 6) is 0. The SMILES string of the molecule is Cc1cc2oc(=O)cc(CN=[N+]=[N-])c2cc1S(=O)[O-]. The van der Waals surface area contributed by atoms with Crippen molar-refractivity contribution in [2.45, 2.75) is 18.4 Å². The lowest BCUT2D eigenvalue weighted by molar-refractivity contribution is 0.536. The zero-order valence-electron chi connectivity index (χ0n) is 9.82. The van der Waals surface area contributed by atoms with Gasteiger partial charge in [-0.1, -0.05) is 5.11 Å². The average molecular weight is 278 g/mol. The fraction of sp³-hybridized carbons (Fsp3) is 0.182. The third kappa shape index (κ3) is 2.65. The van der Waals surface area contributed by atoms with Gasteiger partial charge in [-0.2, -0.15) is 0 Å². The Morgan fingerprint density at radius 3 is 2.84 bits per heavy atom. The molecular formula is C11H8N3O4S-. The van der Waals surface area contributed by atoms with Gasteiger partial charge in [-0.15, -0.1) is 0 Å². The highest BCUT2D eigenvalue weighted by atomic mass is 32.2. The first-order valence-electron chi connectivity index (χ1n) is 5.20. The number of aryl methyl sites for hydroxylation is 1. The summed E-state index contributed by atoms with van der Waals surface area (Å²) in [5, 5.41) is 3.82. The first-order valence-corrected chi connectivity index (χ1v) is 6.28. The summed E-state index contributed by atoms with van der Waals surface area (Å²) in [6.07, 6.45) is 0. The van der Waals surface area contributed by atoms with Crippen LogP contribution >= 0.6 is 0 Å². The number of hydrogen-bond acceptors (Lipinski definition) is 5. The normalized spacial score (nSPS) is 12.1. The Labute approximate surface area is 109 Å². The molecule has 0 amide bonds. The highest BCUT2D eigenvalue weighted by Gasteiger charge is 2.09. The summed E-state index contributed by atoms with van der Waals surface area (Å²) < 4.78 is 27.2. The van der Waals surface area contributed by atoms with Crippen molar-refractivity contribution in [1.82, 2.24) is 0 Å². The second-order valence-electron chi connectivity index (χ2n) is 3.83. The predicted octanol–water partition coefficient (Wildman–Crippen LogP) is 2.15. The minimum absolute atomic E-state index is 0.0490. The van der Waals surface area contributed by atoms with Crippen LogP contribution in [-0.2, 0) is 17.6 Å². The third-order valence-electron chi connectivity index (χ3n) is 2.61. The van der Waals surface area contributed by atoms with Crippen LogP contribution in [0.1, 0.15) is 11.1 Å². The summed E-state index contributed by atoms with van der Waals surface area (Å²) in [7, 11) is 0. The van der Waals surface area contributed by atoms with E-state index in [2.05, 4.69) is 10.0 Å². The molecule has 1 heterocycles. The van der Waals surface area contributed by atoms with E-state index in [0.29, 0.717) is 16.5 Å². The number of fused-ring (bicyclic) bond motifs is 1. The molecule has 7 nitrogen and oxygen atoms in total. The number of benzene rings is 1. The van der Waals surface area contributed by atoms with E-state index < -0.39 is 16.7 Å². The van der Waals surface area contributed by atoms with Crippen molar-refractivity contribution < 1.29 is 13.2 Å². The molecule has 1 unspecified atom stereocenters. The van der Waals surface area contributed by atoms with Gasteiger partial charge in [0, 0.05) is 21.3 Å². The Morgan fingerprint density at radius 1 is 1.47 bits per heavy atom. The third-order valence-corrected chi connectivity index (χ3v) is 3.41. The minimum Gasteiger partial charge on any atom is -0.768 e. The van der Waals surface area contributed by atoms with E-state index in [4.69, 9.17) is 9.95 Å². The molecule has 0 saturated heterocycles. The summed E-state index contributed by atoms with van der Waals surface area (Å²) in [6, 6.07) is 4.06. The van der Waals surface area contributed by atoms with E-state index >= 15 is 0 Å². The molecule has 1 aromatic carbocycles. The van der Waals surface area contributed by atoms with Crippen LogP contribution in [0, 0.1) is 6.92 Å². The van der Waals surface area contributed by atoms with Crippen molar-refractivity contribution in [1.29, 1.82) is 0 Å². The summed E-state index contributed by atoms with van der Waals surface area (Å²) in [5.41, 5.74) is 8.91. The highest BCUT2D eigenvalue weighted by molar-refractivity contribution is 7.79. The van der Waals surface area contributed by atoms with Gasteiger partial charge < -0.3 is 8.97 Å². The van der Waals surface area contributed by atoms with Gasteiger partial charge in [-0.25, -0.2) is 4.79 Å². The summed E-state index contributed by atoms with van der Waals surface area (Å²) >= 11 is -2.39. The molecule has 0 spiro atoms. The zero-order chi connectivity index (χ0) is 14.0. The predicted molar refractivity (Wildman–Crippen MR) is 67.3 cm³/mol. The molecule has 0 bridgehead atoms.